The maximum Gasteiger partial charge on any atom is 0.279 e. The van der Waals surface area contributed by atoms with Gasteiger partial charge in [-0.3, -0.25) is 9.59 Å². The summed E-state index contributed by atoms with van der Waals surface area (Å²) in [7, 11) is 0. The second-order valence-electron chi connectivity index (χ2n) is 6.11. The minimum Gasteiger partial charge on any atom is -0.378 e. The zero-order valence-electron chi connectivity index (χ0n) is 15.1. The van der Waals surface area contributed by atoms with Crippen LogP contribution in [0.15, 0.2) is 24.3 Å². The molecule has 7 nitrogen and oxygen atoms in total. The molecule has 1 atom stereocenters. The van der Waals surface area contributed by atoms with E-state index in [1.54, 1.807) is 0 Å². The van der Waals surface area contributed by atoms with E-state index >= 15 is 0 Å². The van der Waals surface area contributed by atoms with E-state index in [0.29, 0.717) is 13.1 Å². The lowest BCUT2D eigenvalue weighted by Gasteiger charge is -2.28. The molecule has 3 N–H and O–H groups in total. The Bertz CT molecular complexity index is 556. The third kappa shape index (κ3) is 6.36. The van der Waals surface area contributed by atoms with Crippen LogP contribution in [0.3, 0.4) is 0 Å². The minimum atomic E-state index is -0.0831. The van der Waals surface area contributed by atoms with Crippen molar-refractivity contribution in [3.05, 3.63) is 24.3 Å². The van der Waals surface area contributed by atoms with E-state index in [1.165, 1.54) is 0 Å². The zero-order valence-corrected chi connectivity index (χ0v) is 15.1. The molecule has 1 aromatic rings. The van der Waals surface area contributed by atoms with Crippen molar-refractivity contribution in [1.29, 1.82) is 0 Å². The molecule has 1 aromatic carbocycles. The fourth-order valence-electron chi connectivity index (χ4n) is 2.81. The highest BCUT2D eigenvalue weighted by Gasteiger charge is 2.16. The highest BCUT2D eigenvalue weighted by Crippen LogP contribution is 2.18. The normalized spacial score (nSPS) is 15.5. The Morgan fingerprint density at radius 2 is 1.72 bits per heavy atom. The number of nitrogens with one attached hydrogen (secondary N) is 3. The molecule has 0 saturated carbocycles. The van der Waals surface area contributed by atoms with Gasteiger partial charge in [-0.1, -0.05) is 0 Å². The van der Waals surface area contributed by atoms with Gasteiger partial charge in [0, 0.05) is 31.0 Å². The molecule has 0 radical (unpaired) electrons. The van der Waals surface area contributed by atoms with Gasteiger partial charge < -0.3 is 25.2 Å². The number of morpholine rings is 1. The lowest BCUT2D eigenvalue weighted by Crippen LogP contribution is -3.14. The first-order valence-electron chi connectivity index (χ1n) is 8.95. The van der Waals surface area contributed by atoms with Crippen LogP contribution in [0.1, 0.15) is 13.8 Å². The van der Waals surface area contributed by atoms with Gasteiger partial charge in [0.2, 0.25) is 0 Å². The van der Waals surface area contributed by atoms with Crippen LogP contribution in [0, 0.1) is 0 Å². The van der Waals surface area contributed by atoms with Crippen LogP contribution in [0.2, 0.25) is 0 Å². The molecule has 0 spiro atoms. The van der Waals surface area contributed by atoms with Gasteiger partial charge in [0.25, 0.3) is 11.8 Å². The number of amides is 2. The van der Waals surface area contributed by atoms with E-state index in [2.05, 4.69) is 15.5 Å². The summed E-state index contributed by atoms with van der Waals surface area (Å²) in [5.74, 6) is -0.109. The molecule has 25 heavy (non-hydrogen) atoms. The number of anilines is 2. The first-order valence-corrected chi connectivity index (χ1v) is 8.95. The number of ether oxygens (including phenoxy) is 1. The van der Waals surface area contributed by atoms with Crippen molar-refractivity contribution >= 4 is 23.2 Å². The SMILES string of the molecule is CCNC(=O)C[NH+](CC)CC(=O)Nc1ccc(N2CCOCC2)cc1. The van der Waals surface area contributed by atoms with Gasteiger partial charge in [-0.25, -0.2) is 0 Å². The summed E-state index contributed by atoms with van der Waals surface area (Å²) in [6, 6.07) is 7.86. The molecule has 1 heterocycles. The predicted molar refractivity (Wildman–Crippen MR) is 98.0 cm³/mol. The smallest absolute Gasteiger partial charge is 0.279 e. The van der Waals surface area contributed by atoms with Crippen molar-refractivity contribution in [2.45, 2.75) is 13.8 Å². The molecular formula is C18H29N4O3+. The fraction of sp³-hybridized carbons (Fsp3) is 0.556. The van der Waals surface area contributed by atoms with Crippen LogP contribution < -0.4 is 20.4 Å². The number of hydrogen-bond donors (Lipinski definition) is 3. The average Bonchev–Trinajstić information content (AvgIpc) is 2.62. The Labute approximate surface area is 149 Å². The number of likely N-dealkylation sites (N-methyl/N-ethyl adjacent to an activating group) is 2. The molecule has 1 fully saturated rings. The van der Waals surface area contributed by atoms with Crippen LogP contribution in [-0.4, -0.2) is 64.3 Å². The molecular weight excluding hydrogens is 320 g/mol. The zero-order chi connectivity index (χ0) is 18.1. The first kappa shape index (κ1) is 19.2. The Morgan fingerprint density at radius 1 is 1.08 bits per heavy atom. The number of benzene rings is 1. The standard InChI is InChI=1S/C18H28N4O3/c1-3-19-17(23)13-21(4-2)14-18(24)20-15-5-7-16(8-6-15)22-9-11-25-12-10-22/h5-8H,3-4,9-14H2,1-2H3,(H,19,23)(H,20,24)/p+1. The largest absolute Gasteiger partial charge is 0.378 e. The molecule has 1 aliphatic heterocycles. The molecule has 1 saturated heterocycles. The van der Waals surface area contributed by atoms with Crippen LogP contribution >= 0.6 is 0 Å². The van der Waals surface area contributed by atoms with E-state index in [9.17, 15) is 9.59 Å². The molecule has 0 aromatic heterocycles. The van der Waals surface area contributed by atoms with Crippen molar-refractivity contribution in [1.82, 2.24) is 5.32 Å². The molecule has 0 aliphatic carbocycles. The van der Waals surface area contributed by atoms with Crippen molar-refractivity contribution in [3.8, 4) is 0 Å². The number of carbonyl (C=O) groups excluding carboxylic acids is 2. The number of hydrogen-bond acceptors (Lipinski definition) is 4. The molecule has 1 unspecified atom stereocenters. The van der Waals surface area contributed by atoms with Gasteiger partial charge in [-0.2, -0.15) is 0 Å². The molecule has 2 rings (SSSR count). The number of rotatable bonds is 8. The number of carbonyl (C=O) groups is 2. The Morgan fingerprint density at radius 3 is 2.32 bits per heavy atom. The summed E-state index contributed by atoms with van der Waals surface area (Å²) < 4.78 is 5.36. The second-order valence-corrected chi connectivity index (χ2v) is 6.11. The summed E-state index contributed by atoms with van der Waals surface area (Å²) in [4.78, 5) is 27.1. The molecule has 2 amide bonds. The van der Waals surface area contributed by atoms with Gasteiger partial charge in [0.05, 0.1) is 19.8 Å². The van der Waals surface area contributed by atoms with Crippen molar-refractivity contribution < 1.29 is 19.2 Å². The van der Waals surface area contributed by atoms with E-state index in [1.807, 2.05) is 38.1 Å². The van der Waals surface area contributed by atoms with Gasteiger partial charge in [0.15, 0.2) is 13.1 Å². The average molecular weight is 349 g/mol. The summed E-state index contributed by atoms with van der Waals surface area (Å²) in [6.07, 6.45) is 0. The predicted octanol–water partition coefficient (Wildman–Crippen LogP) is -0.497. The van der Waals surface area contributed by atoms with Crippen molar-refractivity contribution in [3.63, 3.8) is 0 Å². The van der Waals surface area contributed by atoms with E-state index in [-0.39, 0.29) is 18.4 Å². The lowest BCUT2D eigenvalue weighted by atomic mass is 10.2. The van der Waals surface area contributed by atoms with E-state index in [4.69, 9.17) is 4.74 Å². The monoisotopic (exact) mass is 349 g/mol. The second kappa shape index (κ2) is 10.0. The first-order chi connectivity index (χ1) is 12.1. The maximum atomic E-state index is 12.2. The summed E-state index contributed by atoms with van der Waals surface area (Å²) in [5, 5.41) is 5.67. The Balaban J connectivity index is 1.83. The quantitative estimate of drug-likeness (QED) is 0.592. The molecule has 0 bridgehead atoms. The molecule has 1 aliphatic rings. The molecule has 7 heteroatoms. The van der Waals surface area contributed by atoms with Crippen LogP contribution in [-0.2, 0) is 14.3 Å². The maximum absolute atomic E-state index is 12.2. The van der Waals surface area contributed by atoms with Gasteiger partial charge in [0.1, 0.15) is 0 Å². The Hall–Kier alpha value is -2.12. The van der Waals surface area contributed by atoms with Crippen LogP contribution in [0.25, 0.3) is 0 Å². The van der Waals surface area contributed by atoms with Gasteiger partial charge >= 0.3 is 0 Å². The fourth-order valence-corrected chi connectivity index (χ4v) is 2.81. The number of nitrogens with zero attached hydrogens (tertiary/aromatic N) is 1. The van der Waals surface area contributed by atoms with Crippen molar-refractivity contribution in [2.24, 2.45) is 0 Å². The van der Waals surface area contributed by atoms with Crippen LogP contribution in [0.4, 0.5) is 11.4 Å². The number of quaternary nitrogens is 1. The minimum absolute atomic E-state index is 0.0259. The Kier molecular flexibility index (Phi) is 7.69. The topological polar surface area (TPSA) is 75.1 Å². The van der Waals surface area contributed by atoms with Crippen LogP contribution in [0.5, 0.6) is 0 Å². The van der Waals surface area contributed by atoms with Gasteiger partial charge in [-0.05, 0) is 38.1 Å². The lowest BCUT2D eigenvalue weighted by molar-refractivity contribution is -0.881. The highest BCUT2D eigenvalue weighted by atomic mass is 16.5. The third-order valence-corrected chi connectivity index (χ3v) is 4.22. The van der Waals surface area contributed by atoms with Gasteiger partial charge in [-0.15, -0.1) is 0 Å². The summed E-state index contributed by atoms with van der Waals surface area (Å²) in [5.41, 5.74) is 1.91. The molecule has 138 valence electrons. The van der Waals surface area contributed by atoms with Crippen molar-refractivity contribution in [2.75, 3.05) is 62.7 Å². The van der Waals surface area contributed by atoms with E-state index < -0.39 is 0 Å². The third-order valence-electron chi connectivity index (χ3n) is 4.22. The summed E-state index contributed by atoms with van der Waals surface area (Å²) >= 11 is 0. The highest BCUT2D eigenvalue weighted by molar-refractivity contribution is 5.91. The van der Waals surface area contributed by atoms with E-state index in [0.717, 1.165) is 49.1 Å². The summed E-state index contributed by atoms with van der Waals surface area (Å²) in [6.45, 7) is 9.06.